The minimum absolute atomic E-state index is 0.0427. The molecule has 11 aromatic rings. The van der Waals surface area contributed by atoms with Gasteiger partial charge in [-0.05, 0) is 380 Å². The van der Waals surface area contributed by atoms with Gasteiger partial charge in [0.15, 0.2) is 0 Å². The zero-order chi connectivity index (χ0) is 96.8. The molecular formula is C120H132O22. The summed E-state index contributed by atoms with van der Waals surface area (Å²) >= 11 is 0. The van der Waals surface area contributed by atoms with Crippen molar-refractivity contribution < 1.29 is 104 Å². The van der Waals surface area contributed by atoms with Crippen molar-refractivity contribution in [2.75, 3.05) is 145 Å². The second-order valence-corrected chi connectivity index (χ2v) is 41.3. The fraction of sp³-hybridized carbons (Fsp3) is 0.450. The van der Waals surface area contributed by atoms with Crippen molar-refractivity contribution in [1.29, 1.82) is 0 Å². The van der Waals surface area contributed by atoms with Crippen LogP contribution in [0.1, 0.15) is 172 Å². The summed E-state index contributed by atoms with van der Waals surface area (Å²) in [7, 11) is 0. The zero-order valence-corrected chi connectivity index (χ0v) is 83.8. The van der Waals surface area contributed by atoms with Crippen LogP contribution in [0.2, 0.25) is 0 Å². The average Bonchev–Trinajstić information content (AvgIpc) is 1.78. The van der Waals surface area contributed by atoms with Crippen molar-refractivity contribution in [3.63, 3.8) is 0 Å². The number of ether oxygens (including phenoxy) is 22. The molecule has 0 amide bonds. The highest BCUT2D eigenvalue weighted by Crippen LogP contribution is 2.43. The number of benzene rings is 11. The lowest BCUT2D eigenvalue weighted by Gasteiger charge is -2.21. The zero-order valence-electron chi connectivity index (χ0n) is 83.8. The van der Waals surface area contributed by atoms with Gasteiger partial charge in [0.2, 0.25) is 0 Å². The molecule has 744 valence electrons. The van der Waals surface area contributed by atoms with Gasteiger partial charge in [0, 0.05) is 0 Å². The van der Waals surface area contributed by atoms with Gasteiger partial charge in [-0.1, -0.05) is 78.9 Å². The van der Waals surface area contributed by atoms with Gasteiger partial charge < -0.3 is 104 Å². The van der Waals surface area contributed by atoms with Crippen LogP contribution in [0.25, 0.3) is 0 Å². The molecule has 0 radical (unpaired) electrons. The summed E-state index contributed by atoms with van der Waals surface area (Å²) < 4.78 is 136. The topological polar surface area (TPSA) is 239 Å². The second kappa shape index (κ2) is 42.2. The standard InChI is InChI=1S/C120H132O22/c1-68-12-14-79(35-110(68)132-57-99-46-121-99)16-81-18-91(71(4)112(37-81)134-59-101-48-123-101)20-83-22-93(73(6)114(39-83)136-61-103-50-125-103)24-85-26-95(75(8)116(41-85)138-63-105-52-127-105)28-87-30-97(77(10)118(43-87)140-65-107-54-129-107)32-89-34-98(78(11)120(45-89)142-67-109-56-131-109)33-88-31-96(76(9)119(44-88)141-66-108-55-130-108)29-86-27-94(74(7)117(42-86)139-64-106-53-128-106)25-84-23-92(72(5)115(40-84)137-62-104-51-126-104)21-82-19-90(70(3)113(38-82)135-60-102-49-124-102)17-80-15-13-69(2)111(36-80)133-58-100-47-122-100/h12-15,18-19,22-23,26-27,30-31,34-45,99-109H,16-17,20-21,24-25,28-29,32-33,46-67H2,1-11H3. The predicted molar refractivity (Wildman–Crippen MR) is 539 cm³/mol. The largest absolute Gasteiger partial charge is 0.491 e. The number of aryl methyl sites for hydroxylation is 2. The van der Waals surface area contributed by atoms with Crippen LogP contribution in [-0.2, 0) is 116 Å². The molecular weight excluding hydrogens is 1790 g/mol. The van der Waals surface area contributed by atoms with Crippen molar-refractivity contribution in [3.05, 3.63) is 318 Å². The second-order valence-electron chi connectivity index (χ2n) is 41.3. The minimum Gasteiger partial charge on any atom is -0.491 e. The van der Waals surface area contributed by atoms with Gasteiger partial charge in [0.05, 0.1) is 72.7 Å². The Bertz CT molecular complexity index is 6400. The molecule has 0 saturated carbocycles. The van der Waals surface area contributed by atoms with Crippen LogP contribution < -0.4 is 52.1 Å². The molecule has 0 N–H and O–H groups in total. The third-order valence-electron chi connectivity index (χ3n) is 29.3. The first-order valence-electron chi connectivity index (χ1n) is 51.1. The van der Waals surface area contributed by atoms with E-state index in [0.717, 1.165) is 221 Å². The average molecular weight is 1930 g/mol. The van der Waals surface area contributed by atoms with Crippen molar-refractivity contribution >= 4 is 0 Å². The van der Waals surface area contributed by atoms with Crippen LogP contribution in [0.4, 0.5) is 0 Å². The van der Waals surface area contributed by atoms with E-state index in [4.69, 9.17) is 104 Å². The van der Waals surface area contributed by atoms with Crippen molar-refractivity contribution in [1.82, 2.24) is 0 Å². The number of hydrogen-bond acceptors (Lipinski definition) is 22. The van der Waals surface area contributed by atoms with E-state index in [1.165, 1.54) is 27.8 Å². The van der Waals surface area contributed by atoms with Gasteiger partial charge in [0.25, 0.3) is 0 Å². The van der Waals surface area contributed by atoms with E-state index in [1.54, 1.807) is 0 Å². The Balaban J connectivity index is 0.560. The lowest BCUT2D eigenvalue weighted by molar-refractivity contribution is 0.261. The van der Waals surface area contributed by atoms with Gasteiger partial charge >= 0.3 is 0 Å². The normalized spacial score (nSPS) is 21.4. The van der Waals surface area contributed by atoms with Gasteiger partial charge in [-0.3, -0.25) is 0 Å². The molecule has 11 aliphatic heterocycles. The molecule has 11 saturated heterocycles. The Morgan fingerprint density at radius 2 is 0.275 bits per heavy atom. The van der Waals surface area contributed by atoms with Gasteiger partial charge in [0.1, 0.15) is 203 Å². The third-order valence-corrected chi connectivity index (χ3v) is 29.3. The number of hydrogen-bond donors (Lipinski definition) is 0. The van der Waals surface area contributed by atoms with E-state index in [0.29, 0.717) is 196 Å². The lowest BCUT2D eigenvalue weighted by atomic mass is 9.89. The summed E-state index contributed by atoms with van der Waals surface area (Å²) in [5.74, 6) is 9.42. The molecule has 0 aromatic heterocycles. The summed E-state index contributed by atoms with van der Waals surface area (Å²) in [6.45, 7) is 36.9. The molecule has 11 atom stereocenters. The molecule has 0 bridgehead atoms. The Morgan fingerprint density at radius 3 is 0.423 bits per heavy atom. The molecule has 11 aliphatic rings. The van der Waals surface area contributed by atoms with Crippen molar-refractivity contribution in [2.45, 2.75) is 208 Å². The molecule has 11 fully saturated rings. The summed E-state index contributed by atoms with van der Waals surface area (Å²) in [6, 6.07) is 54.6. The Labute approximate surface area is 833 Å². The monoisotopic (exact) mass is 1920 g/mol. The maximum absolute atomic E-state index is 6.87. The summed E-state index contributed by atoms with van der Waals surface area (Å²) in [5.41, 5.74) is 35.0. The molecule has 11 heterocycles. The van der Waals surface area contributed by atoms with Crippen molar-refractivity contribution in [3.8, 4) is 63.2 Å². The summed E-state index contributed by atoms with van der Waals surface area (Å²) in [5, 5.41) is 0. The first-order chi connectivity index (χ1) is 69.1. The SMILES string of the molecule is Cc1ccc(Cc2cc(Cc3cc(Cc4cc(Cc5cc(Cc6cc(Cc7cc(Cc8cc(Cc9cc(Cc%10cc(Cc%11ccc(C)c(OCC%12CO%12)c%11)c(C)c(OCC%11CO%11)c%10)c(C)c(OCC%10CO%10)c9)c(C)c(OCC9CO9)c8)c(C)c(OCC8CO8)c7)c(C)c(OCC7CO7)c6)c(C)c(OCC6CO6)c5)c(C)c(OCC5CO5)c4)c(C)c(OCC4CO4)c3)c(C)c(OCC3CO3)c2)cc1OCC1CO1. The highest BCUT2D eigenvalue weighted by Gasteiger charge is 2.35. The highest BCUT2D eigenvalue weighted by molar-refractivity contribution is 5.59. The van der Waals surface area contributed by atoms with Gasteiger partial charge in [-0.2, -0.15) is 0 Å². The molecule has 11 aromatic carbocycles. The molecule has 22 rings (SSSR count). The Morgan fingerprint density at radius 1 is 0.155 bits per heavy atom. The fourth-order valence-corrected chi connectivity index (χ4v) is 19.0. The minimum atomic E-state index is 0.0427. The quantitative estimate of drug-likeness (QED) is 0.0322. The van der Waals surface area contributed by atoms with Gasteiger partial charge in [-0.25, -0.2) is 0 Å². The van der Waals surface area contributed by atoms with Crippen molar-refractivity contribution in [2.24, 2.45) is 0 Å². The third kappa shape index (κ3) is 25.6. The summed E-state index contributed by atoms with van der Waals surface area (Å²) in [6.07, 6.45) is 7.32. The fourth-order valence-electron chi connectivity index (χ4n) is 19.0. The maximum Gasteiger partial charge on any atom is 0.122 e. The van der Waals surface area contributed by atoms with Gasteiger partial charge in [-0.15, -0.1) is 0 Å². The van der Waals surface area contributed by atoms with Crippen LogP contribution in [0, 0.1) is 76.2 Å². The highest BCUT2D eigenvalue weighted by atomic mass is 16.6. The van der Waals surface area contributed by atoms with Crippen LogP contribution in [-0.4, -0.2) is 212 Å². The molecule has 11 unspecified atom stereocenters. The smallest absolute Gasteiger partial charge is 0.122 e. The van der Waals surface area contributed by atoms with Crippen LogP contribution in [0.5, 0.6) is 63.2 Å². The first kappa shape index (κ1) is 95.6. The van der Waals surface area contributed by atoms with E-state index in [1.807, 2.05) is 0 Å². The molecule has 22 nitrogen and oxygen atoms in total. The Kier molecular flexibility index (Phi) is 28.4. The van der Waals surface area contributed by atoms with E-state index in [2.05, 4.69) is 222 Å². The Hall–Kier alpha value is -11.2. The predicted octanol–water partition coefficient (Wildman–Crippen LogP) is 18.5. The number of rotatable bonds is 53. The molecule has 22 heteroatoms. The van der Waals surface area contributed by atoms with E-state index < -0.39 is 0 Å². The van der Waals surface area contributed by atoms with E-state index in [9.17, 15) is 0 Å². The van der Waals surface area contributed by atoms with Crippen LogP contribution >= 0.6 is 0 Å². The number of epoxide rings is 11. The molecule has 0 spiro atoms. The maximum atomic E-state index is 6.87. The van der Waals surface area contributed by atoms with Crippen LogP contribution in [0.3, 0.4) is 0 Å². The van der Waals surface area contributed by atoms with E-state index >= 15 is 0 Å². The molecule has 142 heavy (non-hydrogen) atoms. The summed E-state index contributed by atoms with van der Waals surface area (Å²) in [4.78, 5) is 0. The first-order valence-corrected chi connectivity index (χ1v) is 51.1. The van der Waals surface area contributed by atoms with Crippen LogP contribution in [0.15, 0.2) is 146 Å². The lowest BCUT2D eigenvalue weighted by Crippen LogP contribution is -2.10. The van der Waals surface area contributed by atoms with E-state index in [-0.39, 0.29) is 67.1 Å². The molecule has 0 aliphatic carbocycles.